The number of phenols is 1. The Morgan fingerprint density at radius 2 is 1.65 bits per heavy atom. The van der Waals surface area contributed by atoms with Crippen LogP contribution in [0.1, 0.15) is 24.5 Å². The van der Waals surface area contributed by atoms with Gasteiger partial charge in [-0.25, -0.2) is 4.79 Å². The van der Waals surface area contributed by atoms with E-state index in [1.807, 2.05) is 18.2 Å². The zero-order valence-electron chi connectivity index (χ0n) is 17.2. The van der Waals surface area contributed by atoms with Crippen LogP contribution >= 0.6 is 0 Å². The van der Waals surface area contributed by atoms with Gasteiger partial charge in [0.05, 0.1) is 0 Å². The van der Waals surface area contributed by atoms with Crippen molar-refractivity contribution in [3.63, 3.8) is 0 Å². The van der Waals surface area contributed by atoms with Gasteiger partial charge in [-0.1, -0.05) is 42.5 Å². The molecule has 2 aromatic carbocycles. The van der Waals surface area contributed by atoms with Gasteiger partial charge in [-0.3, -0.25) is 9.59 Å². The second-order valence-corrected chi connectivity index (χ2v) is 6.93. The monoisotopic (exact) mass is 429 g/mol. The molecule has 3 amide bonds. The molecule has 5 N–H and O–H groups in total. The number of rotatable bonds is 10. The predicted octanol–water partition coefficient (Wildman–Crippen LogP) is 1.19. The summed E-state index contributed by atoms with van der Waals surface area (Å²) in [4.78, 5) is 35.7. The van der Waals surface area contributed by atoms with Crippen molar-refractivity contribution in [3.8, 4) is 5.75 Å². The summed E-state index contributed by atoms with van der Waals surface area (Å²) >= 11 is 0. The first-order valence-electron chi connectivity index (χ1n) is 9.83. The molecule has 0 heterocycles. The quantitative estimate of drug-likeness (QED) is 0.360. The number of phenolic OH excluding ortho intramolecular Hbond substituents is 1. The third-order valence-electron chi connectivity index (χ3n) is 4.33. The van der Waals surface area contributed by atoms with Crippen LogP contribution < -0.4 is 16.0 Å². The van der Waals surface area contributed by atoms with Gasteiger partial charge in [0.25, 0.3) is 0 Å². The van der Waals surface area contributed by atoms with E-state index in [1.54, 1.807) is 36.4 Å². The lowest BCUT2D eigenvalue weighted by molar-refractivity contribution is -0.130. The summed E-state index contributed by atoms with van der Waals surface area (Å²) in [7, 11) is 0. The number of aliphatic hydroxyl groups is 1. The van der Waals surface area contributed by atoms with Gasteiger partial charge in [-0.15, -0.1) is 0 Å². The third kappa shape index (κ3) is 9.18. The summed E-state index contributed by atoms with van der Waals surface area (Å²) in [6.45, 7) is 1.19. The Hall–Kier alpha value is -3.59. The Morgan fingerprint density at radius 3 is 2.32 bits per heavy atom. The average molecular weight is 429 g/mol. The fourth-order valence-electron chi connectivity index (χ4n) is 2.61. The van der Waals surface area contributed by atoms with E-state index in [4.69, 9.17) is 4.74 Å². The van der Waals surface area contributed by atoms with Gasteiger partial charge in [0.2, 0.25) is 11.8 Å². The van der Waals surface area contributed by atoms with E-state index >= 15 is 0 Å². The molecule has 0 fully saturated rings. The summed E-state index contributed by atoms with van der Waals surface area (Å²) < 4.78 is 5.00. The number of aromatic hydroxyl groups is 1. The van der Waals surface area contributed by atoms with Crippen LogP contribution in [-0.2, 0) is 27.4 Å². The molecule has 0 saturated heterocycles. The Kier molecular flexibility index (Phi) is 9.31. The first-order valence-corrected chi connectivity index (χ1v) is 9.83. The van der Waals surface area contributed by atoms with Crippen LogP contribution in [0.4, 0.5) is 4.79 Å². The minimum absolute atomic E-state index is 0.0785. The molecule has 2 rings (SSSR count). The van der Waals surface area contributed by atoms with E-state index in [9.17, 15) is 24.6 Å². The Bertz CT molecular complexity index is 857. The first-order chi connectivity index (χ1) is 14.8. The molecule has 166 valence electrons. The number of nitrogens with one attached hydrogen (secondary N) is 3. The Morgan fingerprint density at radius 1 is 0.968 bits per heavy atom. The highest BCUT2D eigenvalue weighted by molar-refractivity contribution is 5.89. The minimum Gasteiger partial charge on any atom is -0.508 e. The zero-order chi connectivity index (χ0) is 22.6. The number of aliphatic hydroxyl groups excluding tert-OH is 1. The summed E-state index contributed by atoms with van der Waals surface area (Å²) in [5.74, 6) is -0.975. The number of hydrogen-bond acceptors (Lipinski definition) is 6. The van der Waals surface area contributed by atoms with E-state index in [0.29, 0.717) is 6.42 Å². The molecule has 0 radical (unpaired) electrons. The normalized spacial score (nSPS) is 12.3. The minimum atomic E-state index is -1.09. The molecule has 9 heteroatoms. The van der Waals surface area contributed by atoms with Crippen molar-refractivity contribution in [3.05, 3.63) is 65.7 Å². The van der Waals surface area contributed by atoms with Crippen molar-refractivity contribution >= 4 is 17.9 Å². The molecule has 2 aromatic rings. The lowest BCUT2D eigenvalue weighted by atomic mass is 10.1. The number of aryl methyl sites for hydroxylation is 1. The molecular weight excluding hydrogens is 402 g/mol. The fraction of sp³-hybridized carbons (Fsp3) is 0.318. The number of alkyl carbamates (subject to hydrolysis) is 1. The molecule has 0 spiro atoms. The van der Waals surface area contributed by atoms with E-state index in [-0.39, 0.29) is 25.3 Å². The molecule has 31 heavy (non-hydrogen) atoms. The molecule has 2 atom stereocenters. The van der Waals surface area contributed by atoms with Crippen LogP contribution in [0.25, 0.3) is 0 Å². The molecule has 0 aliphatic carbocycles. The second-order valence-electron chi connectivity index (χ2n) is 6.93. The van der Waals surface area contributed by atoms with Crippen molar-refractivity contribution in [2.24, 2.45) is 0 Å². The van der Waals surface area contributed by atoms with Crippen molar-refractivity contribution in [1.29, 1.82) is 0 Å². The Labute approximate surface area is 180 Å². The number of carbonyl (C=O) groups excluding carboxylic acids is 3. The van der Waals surface area contributed by atoms with Crippen molar-refractivity contribution in [2.75, 3.05) is 6.54 Å². The van der Waals surface area contributed by atoms with Gasteiger partial charge < -0.3 is 30.9 Å². The van der Waals surface area contributed by atoms with Gasteiger partial charge in [0.1, 0.15) is 31.2 Å². The van der Waals surface area contributed by atoms with E-state index in [2.05, 4.69) is 16.0 Å². The van der Waals surface area contributed by atoms with Gasteiger partial charge >= 0.3 is 6.09 Å². The highest BCUT2D eigenvalue weighted by atomic mass is 16.5. The second kappa shape index (κ2) is 12.2. The number of amides is 3. The maximum absolute atomic E-state index is 12.1. The number of hydrogen-bond donors (Lipinski definition) is 5. The highest BCUT2D eigenvalue weighted by Crippen LogP contribution is 2.11. The largest absolute Gasteiger partial charge is 0.508 e. The number of benzene rings is 2. The van der Waals surface area contributed by atoms with E-state index in [1.165, 1.54) is 6.92 Å². The molecule has 0 bridgehead atoms. The molecule has 1 unspecified atom stereocenters. The van der Waals surface area contributed by atoms with Crippen LogP contribution in [0, 0.1) is 0 Å². The maximum Gasteiger partial charge on any atom is 0.407 e. The maximum atomic E-state index is 12.1. The summed E-state index contributed by atoms with van der Waals surface area (Å²) in [5, 5.41) is 26.4. The van der Waals surface area contributed by atoms with Gasteiger partial charge in [0, 0.05) is 0 Å². The van der Waals surface area contributed by atoms with Crippen LogP contribution in [0.2, 0.25) is 0 Å². The summed E-state index contributed by atoms with van der Waals surface area (Å²) in [6.07, 6.45) is -1.07. The molecular formula is C22H27N3O6. The van der Waals surface area contributed by atoms with Crippen LogP contribution in [0.5, 0.6) is 5.75 Å². The van der Waals surface area contributed by atoms with Gasteiger partial charge in [-0.2, -0.15) is 0 Å². The molecule has 0 aromatic heterocycles. The van der Waals surface area contributed by atoms with Crippen LogP contribution in [0.3, 0.4) is 0 Å². The first kappa shape index (κ1) is 23.7. The lowest BCUT2D eigenvalue weighted by Crippen LogP contribution is -2.50. The van der Waals surface area contributed by atoms with E-state index in [0.717, 1.165) is 11.1 Å². The molecule has 0 saturated carbocycles. The van der Waals surface area contributed by atoms with Gasteiger partial charge in [0.15, 0.2) is 0 Å². The van der Waals surface area contributed by atoms with Crippen LogP contribution in [0.15, 0.2) is 54.6 Å². The molecule has 0 aliphatic heterocycles. The average Bonchev–Trinajstić information content (AvgIpc) is 2.76. The molecule has 9 nitrogen and oxygen atoms in total. The fourth-order valence-corrected chi connectivity index (χ4v) is 2.61. The van der Waals surface area contributed by atoms with Crippen LogP contribution in [-0.4, -0.2) is 46.9 Å². The SMILES string of the molecule is C[C@H](NC(=O)CNC(=O)OCc1ccccc1)C(=O)NC(O)CCc1ccc(O)cc1. The molecule has 0 aliphatic rings. The Balaban J connectivity index is 1.63. The van der Waals surface area contributed by atoms with E-state index < -0.39 is 30.2 Å². The van der Waals surface area contributed by atoms with Crippen molar-refractivity contribution < 1.29 is 29.3 Å². The highest BCUT2D eigenvalue weighted by Gasteiger charge is 2.18. The zero-order valence-corrected chi connectivity index (χ0v) is 17.2. The summed E-state index contributed by atoms with van der Waals surface area (Å²) in [6, 6.07) is 14.7. The smallest absolute Gasteiger partial charge is 0.407 e. The van der Waals surface area contributed by atoms with Crippen molar-refractivity contribution in [2.45, 2.75) is 38.6 Å². The lowest BCUT2D eigenvalue weighted by Gasteiger charge is -2.18. The predicted molar refractivity (Wildman–Crippen MR) is 113 cm³/mol. The number of ether oxygens (including phenoxy) is 1. The number of carbonyl (C=O) groups is 3. The van der Waals surface area contributed by atoms with Gasteiger partial charge in [-0.05, 0) is 43.0 Å². The summed E-state index contributed by atoms with van der Waals surface area (Å²) in [5.41, 5.74) is 1.72. The standard InChI is InChI=1S/C22H27N3O6/c1-15(21(29)25-19(27)12-9-16-7-10-18(26)11-8-16)24-20(28)13-23-22(30)31-14-17-5-3-2-4-6-17/h2-8,10-11,15,19,26-27H,9,12-14H2,1H3,(H,23,30)(H,24,28)(H,25,29)/t15-,19?/m0/s1. The topological polar surface area (TPSA) is 137 Å². The third-order valence-corrected chi connectivity index (χ3v) is 4.33. The van der Waals surface area contributed by atoms with Crippen molar-refractivity contribution in [1.82, 2.24) is 16.0 Å².